The molecule has 0 aromatic heterocycles. The Balaban J connectivity index is 2.78. The zero-order valence-corrected chi connectivity index (χ0v) is 12.0. The number of halogens is 3. The minimum atomic E-state index is -4.37. The normalized spacial score (nSPS) is 13.8. The van der Waals surface area contributed by atoms with Crippen molar-refractivity contribution in [2.24, 2.45) is 0 Å². The highest BCUT2D eigenvalue weighted by atomic mass is 19.4. The van der Waals surface area contributed by atoms with E-state index in [1.54, 1.807) is 0 Å². The van der Waals surface area contributed by atoms with Crippen LogP contribution in [0.2, 0.25) is 0 Å². The molecule has 0 spiro atoms. The topological polar surface area (TPSA) is 23.5 Å². The van der Waals surface area contributed by atoms with Gasteiger partial charge in [0, 0.05) is 6.54 Å². The van der Waals surface area contributed by atoms with E-state index < -0.39 is 17.8 Å². The third kappa shape index (κ3) is 5.13. The van der Waals surface area contributed by atoms with E-state index in [1.165, 1.54) is 12.1 Å². The SMILES string of the molecule is CCCN(CCC)CC(O)c1cccc(C(F)(F)F)c1. The summed E-state index contributed by atoms with van der Waals surface area (Å²) in [5, 5.41) is 10.1. The number of alkyl halides is 3. The molecule has 1 N–H and O–H groups in total. The Morgan fingerprint density at radius 2 is 1.75 bits per heavy atom. The molecule has 1 aromatic carbocycles. The fraction of sp³-hybridized carbons (Fsp3) is 0.600. The van der Waals surface area contributed by atoms with E-state index in [9.17, 15) is 18.3 Å². The second-order valence-electron chi connectivity index (χ2n) is 4.94. The van der Waals surface area contributed by atoms with Crippen molar-refractivity contribution in [3.63, 3.8) is 0 Å². The maximum Gasteiger partial charge on any atom is 0.416 e. The lowest BCUT2D eigenvalue weighted by Crippen LogP contribution is -2.30. The Hall–Kier alpha value is -1.07. The van der Waals surface area contributed by atoms with Gasteiger partial charge in [-0.3, -0.25) is 0 Å². The fourth-order valence-corrected chi connectivity index (χ4v) is 2.20. The third-order valence-corrected chi connectivity index (χ3v) is 3.11. The Labute approximate surface area is 118 Å². The van der Waals surface area contributed by atoms with Crippen LogP contribution in [0, 0.1) is 0 Å². The van der Waals surface area contributed by atoms with Gasteiger partial charge < -0.3 is 10.0 Å². The molecule has 0 aliphatic rings. The first-order valence-corrected chi connectivity index (χ1v) is 6.96. The van der Waals surface area contributed by atoms with E-state index in [4.69, 9.17) is 0 Å². The summed E-state index contributed by atoms with van der Waals surface area (Å²) in [6.45, 7) is 6.12. The predicted octanol–water partition coefficient (Wildman–Crippen LogP) is 3.86. The first-order valence-electron chi connectivity index (χ1n) is 6.96. The maximum atomic E-state index is 12.6. The molecule has 1 atom stereocenters. The number of nitrogens with zero attached hydrogens (tertiary/aromatic N) is 1. The number of hydrogen-bond acceptors (Lipinski definition) is 2. The van der Waals surface area contributed by atoms with Crippen molar-refractivity contribution in [3.8, 4) is 0 Å². The van der Waals surface area contributed by atoms with Gasteiger partial charge in [-0.05, 0) is 43.6 Å². The smallest absolute Gasteiger partial charge is 0.387 e. The van der Waals surface area contributed by atoms with Crippen LogP contribution in [0.25, 0.3) is 0 Å². The van der Waals surface area contributed by atoms with E-state index >= 15 is 0 Å². The van der Waals surface area contributed by atoms with Crippen LogP contribution in [0.4, 0.5) is 13.2 Å². The third-order valence-electron chi connectivity index (χ3n) is 3.11. The summed E-state index contributed by atoms with van der Waals surface area (Å²) in [5.41, 5.74) is -0.399. The number of hydrogen-bond donors (Lipinski definition) is 1. The molecular formula is C15H22F3NO. The van der Waals surface area contributed by atoms with Crippen LogP contribution in [-0.4, -0.2) is 29.6 Å². The molecule has 0 saturated carbocycles. The van der Waals surface area contributed by atoms with E-state index in [1.807, 2.05) is 13.8 Å². The van der Waals surface area contributed by atoms with Crippen molar-refractivity contribution in [1.29, 1.82) is 0 Å². The van der Waals surface area contributed by atoms with Crippen molar-refractivity contribution in [2.45, 2.75) is 39.0 Å². The molecule has 114 valence electrons. The Morgan fingerprint density at radius 3 is 2.25 bits per heavy atom. The second kappa shape index (κ2) is 7.64. The number of rotatable bonds is 7. The van der Waals surface area contributed by atoms with Crippen molar-refractivity contribution in [2.75, 3.05) is 19.6 Å². The summed E-state index contributed by atoms with van der Waals surface area (Å²) >= 11 is 0. The molecule has 1 aromatic rings. The van der Waals surface area contributed by atoms with Crippen LogP contribution in [0.1, 0.15) is 43.9 Å². The summed E-state index contributed by atoms with van der Waals surface area (Å²) in [6, 6.07) is 4.92. The molecule has 0 aliphatic carbocycles. The van der Waals surface area contributed by atoms with Crippen LogP contribution >= 0.6 is 0 Å². The van der Waals surface area contributed by atoms with Crippen molar-refractivity contribution in [1.82, 2.24) is 4.90 Å². The molecule has 20 heavy (non-hydrogen) atoms. The van der Waals surface area contributed by atoms with Crippen molar-refractivity contribution < 1.29 is 18.3 Å². The van der Waals surface area contributed by atoms with Gasteiger partial charge in [-0.25, -0.2) is 0 Å². The van der Waals surface area contributed by atoms with Gasteiger partial charge >= 0.3 is 6.18 Å². The monoisotopic (exact) mass is 289 g/mol. The molecule has 5 heteroatoms. The quantitative estimate of drug-likeness (QED) is 0.824. The second-order valence-corrected chi connectivity index (χ2v) is 4.94. The molecule has 0 heterocycles. The lowest BCUT2D eigenvalue weighted by atomic mass is 10.1. The van der Waals surface area contributed by atoms with E-state index in [-0.39, 0.29) is 0 Å². The first-order chi connectivity index (χ1) is 9.38. The summed E-state index contributed by atoms with van der Waals surface area (Å²) in [7, 11) is 0. The molecule has 0 aliphatic heterocycles. The summed E-state index contributed by atoms with van der Waals surface area (Å²) in [5.74, 6) is 0. The van der Waals surface area contributed by atoms with E-state index in [0.717, 1.165) is 38.1 Å². The molecule has 0 fully saturated rings. The van der Waals surface area contributed by atoms with Crippen LogP contribution in [0.3, 0.4) is 0 Å². The minimum Gasteiger partial charge on any atom is -0.387 e. The molecular weight excluding hydrogens is 267 g/mol. The average Bonchev–Trinajstić information content (AvgIpc) is 2.38. The lowest BCUT2D eigenvalue weighted by Gasteiger charge is -2.24. The van der Waals surface area contributed by atoms with Gasteiger partial charge in [-0.15, -0.1) is 0 Å². The van der Waals surface area contributed by atoms with Crippen LogP contribution in [-0.2, 0) is 6.18 Å². The van der Waals surface area contributed by atoms with Gasteiger partial charge in [0.2, 0.25) is 0 Å². The standard InChI is InChI=1S/C15H22F3NO/c1-3-8-19(9-4-2)11-14(20)12-6-5-7-13(10-12)15(16,17)18/h5-7,10,14,20H,3-4,8-9,11H2,1-2H3. The Kier molecular flexibility index (Phi) is 6.49. The Morgan fingerprint density at radius 1 is 1.15 bits per heavy atom. The van der Waals surface area contributed by atoms with E-state index in [0.29, 0.717) is 12.1 Å². The highest BCUT2D eigenvalue weighted by molar-refractivity contribution is 5.27. The number of benzene rings is 1. The van der Waals surface area contributed by atoms with Gasteiger partial charge in [0.1, 0.15) is 0 Å². The Bertz CT molecular complexity index is 400. The zero-order chi connectivity index (χ0) is 15.2. The number of aliphatic hydroxyl groups is 1. The molecule has 2 nitrogen and oxygen atoms in total. The van der Waals surface area contributed by atoms with Crippen molar-refractivity contribution >= 4 is 0 Å². The zero-order valence-electron chi connectivity index (χ0n) is 12.0. The lowest BCUT2D eigenvalue weighted by molar-refractivity contribution is -0.137. The predicted molar refractivity (Wildman–Crippen MR) is 73.4 cm³/mol. The van der Waals surface area contributed by atoms with Crippen molar-refractivity contribution in [3.05, 3.63) is 35.4 Å². The first kappa shape index (κ1) is 17.0. The van der Waals surface area contributed by atoms with Crippen LogP contribution in [0.15, 0.2) is 24.3 Å². The fourth-order valence-electron chi connectivity index (χ4n) is 2.20. The van der Waals surface area contributed by atoms with E-state index in [2.05, 4.69) is 4.90 Å². The summed E-state index contributed by atoms with van der Waals surface area (Å²) < 4.78 is 37.9. The van der Waals surface area contributed by atoms with Gasteiger partial charge in [0.05, 0.1) is 11.7 Å². The molecule has 0 bridgehead atoms. The van der Waals surface area contributed by atoms with Gasteiger partial charge in [-0.2, -0.15) is 13.2 Å². The van der Waals surface area contributed by atoms with Gasteiger partial charge in [-0.1, -0.05) is 26.0 Å². The van der Waals surface area contributed by atoms with Crippen LogP contribution in [0.5, 0.6) is 0 Å². The molecule has 1 unspecified atom stereocenters. The van der Waals surface area contributed by atoms with Gasteiger partial charge in [0.15, 0.2) is 0 Å². The molecule has 0 amide bonds. The summed E-state index contributed by atoms with van der Waals surface area (Å²) in [6.07, 6.45) is -3.36. The average molecular weight is 289 g/mol. The molecule has 1 rings (SSSR count). The number of aliphatic hydroxyl groups excluding tert-OH is 1. The molecule has 0 radical (unpaired) electrons. The van der Waals surface area contributed by atoms with Gasteiger partial charge in [0.25, 0.3) is 0 Å². The highest BCUT2D eigenvalue weighted by Crippen LogP contribution is 2.30. The highest BCUT2D eigenvalue weighted by Gasteiger charge is 2.30. The maximum absolute atomic E-state index is 12.6. The largest absolute Gasteiger partial charge is 0.416 e. The molecule has 0 saturated heterocycles. The minimum absolute atomic E-state index is 0.317. The summed E-state index contributed by atoms with van der Waals surface area (Å²) in [4.78, 5) is 2.07. The van der Waals surface area contributed by atoms with Crippen LogP contribution < -0.4 is 0 Å².